The number of nitrogens with zero attached hydrogens (tertiary/aromatic N) is 7. The van der Waals surface area contributed by atoms with Crippen molar-refractivity contribution < 1.29 is 5.11 Å². The van der Waals surface area contributed by atoms with E-state index in [1.54, 1.807) is 23.5 Å². The van der Waals surface area contributed by atoms with Crippen LogP contribution in [-0.2, 0) is 5.54 Å². The molecule has 32 heavy (non-hydrogen) atoms. The van der Waals surface area contributed by atoms with Crippen molar-refractivity contribution in [3.05, 3.63) is 59.9 Å². The number of hydrogen-bond acceptors (Lipinski definition) is 8. The molecule has 0 bridgehead atoms. The second kappa shape index (κ2) is 8.14. The Hall–Kier alpha value is -3.04. The summed E-state index contributed by atoms with van der Waals surface area (Å²) in [5.74, 6) is 1.07. The Morgan fingerprint density at radius 3 is 2.38 bits per heavy atom. The Bertz CT molecular complexity index is 1170. The standard InChI is InChI=1S/C23H27N7OS/c1-23(2,3)30-21(25-26-27-30)20(16-8-10-17(31)11-9-16)28-12-14-29(15-13-28)22-24-18-6-4-5-7-19(18)32-22/h4-11,20,31H,12-15H2,1-3H3/t20-/m1/s1. The lowest BCUT2D eigenvalue weighted by Gasteiger charge is -2.39. The SMILES string of the molecule is CC(C)(C)n1nnnc1[C@@H](c1ccc(O)cc1)N1CCN(c2nc3ccccc3s2)CC1. The minimum atomic E-state index is -0.239. The lowest BCUT2D eigenvalue weighted by Crippen LogP contribution is -2.48. The molecule has 1 aliphatic rings. The van der Waals surface area contributed by atoms with E-state index in [9.17, 15) is 5.11 Å². The fourth-order valence-electron chi connectivity index (χ4n) is 4.19. The maximum atomic E-state index is 9.81. The lowest BCUT2D eigenvalue weighted by molar-refractivity contribution is 0.191. The van der Waals surface area contributed by atoms with Gasteiger partial charge in [0.25, 0.3) is 0 Å². The number of anilines is 1. The number of para-hydroxylation sites is 1. The highest BCUT2D eigenvalue weighted by Gasteiger charge is 2.33. The first kappa shape index (κ1) is 20.8. The summed E-state index contributed by atoms with van der Waals surface area (Å²) in [4.78, 5) is 9.62. The topological polar surface area (TPSA) is 83.2 Å². The number of aromatic hydroxyl groups is 1. The van der Waals surface area contributed by atoms with Crippen molar-refractivity contribution in [2.45, 2.75) is 32.4 Å². The van der Waals surface area contributed by atoms with Crippen LogP contribution in [0.2, 0.25) is 0 Å². The molecule has 0 radical (unpaired) electrons. The average molecular weight is 450 g/mol. The van der Waals surface area contributed by atoms with Crippen LogP contribution >= 0.6 is 11.3 Å². The van der Waals surface area contributed by atoms with Gasteiger partial charge in [-0.15, -0.1) is 5.10 Å². The molecule has 4 aromatic rings. The van der Waals surface area contributed by atoms with Gasteiger partial charge in [-0.25, -0.2) is 9.67 Å². The number of hydrogen-bond donors (Lipinski definition) is 1. The second-order valence-electron chi connectivity index (χ2n) is 9.10. The molecule has 2 aromatic heterocycles. The number of aromatic nitrogens is 5. The molecule has 1 saturated heterocycles. The van der Waals surface area contributed by atoms with Crippen LogP contribution in [0.25, 0.3) is 10.2 Å². The first-order chi connectivity index (χ1) is 15.4. The molecule has 1 atom stereocenters. The highest BCUT2D eigenvalue weighted by Crippen LogP contribution is 2.33. The maximum Gasteiger partial charge on any atom is 0.186 e. The highest BCUT2D eigenvalue weighted by molar-refractivity contribution is 7.22. The zero-order chi connectivity index (χ0) is 22.3. The molecule has 0 aliphatic carbocycles. The van der Waals surface area contributed by atoms with E-state index in [0.717, 1.165) is 48.2 Å². The Morgan fingerprint density at radius 1 is 0.969 bits per heavy atom. The van der Waals surface area contributed by atoms with Gasteiger partial charge in [-0.1, -0.05) is 35.6 Å². The van der Waals surface area contributed by atoms with E-state index in [-0.39, 0.29) is 17.3 Å². The number of rotatable bonds is 4. The molecule has 1 aliphatic heterocycles. The Morgan fingerprint density at radius 2 is 1.69 bits per heavy atom. The first-order valence-electron chi connectivity index (χ1n) is 10.8. The van der Waals surface area contributed by atoms with Crippen molar-refractivity contribution in [3.8, 4) is 5.75 Å². The fourth-order valence-corrected chi connectivity index (χ4v) is 5.21. The van der Waals surface area contributed by atoms with Crippen molar-refractivity contribution >= 4 is 26.7 Å². The largest absolute Gasteiger partial charge is 0.508 e. The van der Waals surface area contributed by atoms with Crippen molar-refractivity contribution in [3.63, 3.8) is 0 Å². The Balaban J connectivity index is 1.43. The monoisotopic (exact) mass is 449 g/mol. The van der Waals surface area contributed by atoms with Crippen LogP contribution in [0.3, 0.4) is 0 Å². The third-order valence-corrected chi connectivity index (χ3v) is 6.91. The van der Waals surface area contributed by atoms with E-state index in [1.165, 1.54) is 4.70 Å². The molecule has 9 heteroatoms. The van der Waals surface area contributed by atoms with Gasteiger partial charge in [-0.3, -0.25) is 4.90 Å². The molecule has 166 valence electrons. The summed E-state index contributed by atoms with van der Waals surface area (Å²) in [7, 11) is 0. The predicted octanol–water partition coefficient (Wildman–Crippen LogP) is 3.66. The number of tetrazole rings is 1. The average Bonchev–Trinajstić information content (AvgIpc) is 3.43. The van der Waals surface area contributed by atoms with Gasteiger partial charge in [0.1, 0.15) is 5.75 Å². The van der Waals surface area contributed by atoms with Crippen LogP contribution < -0.4 is 4.90 Å². The number of thiazole rings is 1. The van der Waals surface area contributed by atoms with E-state index >= 15 is 0 Å². The molecule has 2 aromatic carbocycles. The van der Waals surface area contributed by atoms with Gasteiger partial charge < -0.3 is 10.0 Å². The van der Waals surface area contributed by atoms with Gasteiger partial charge in [0.15, 0.2) is 11.0 Å². The number of piperazine rings is 1. The van der Waals surface area contributed by atoms with E-state index in [1.807, 2.05) is 22.9 Å². The summed E-state index contributed by atoms with van der Waals surface area (Å²) in [5, 5.41) is 23.6. The summed E-state index contributed by atoms with van der Waals surface area (Å²) in [6, 6.07) is 15.6. The zero-order valence-corrected chi connectivity index (χ0v) is 19.3. The second-order valence-corrected chi connectivity index (χ2v) is 10.1. The van der Waals surface area contributed by atoms with Gasteiger partial charge >= 0.3 is 0 Å². The minimum Gasteiger partial charge on any atom is -0.508 e. The molecule has 5 rings (SSSR count). The van der Waals surface area contributed by atoms with Crippen LogP contribution in [-0.4, -0.2) is 61.4 Å². The normalized spacial score (nSPS) is 16.5. The number of phenols is 1. The summed E-state index contributed by atoms with van der Waals surface area (Å²) < 4.78 is 3.13. The van der Waals surface area contributed by atoms with Crippen LogP contribution in [0.4, 0.5) is 5.13 Å². The van der Waals surface area contributed by atoms with Crippen LogP contribution in [0.5, 0.6) is 5.75 Å². The molecule has 3 heterocycles. The van der Waals surface area contributed by atoms with Gasteiger partial charge in [0.2, 0.25) is 0 Å². The summed E-state index contributed by atoms with van der Waals surface area (Å²) in [6.45, 7) is 9.79. The molecule has 0 spiro atoms. The quantitative estimate of drug-likeness (QED) is 0.509. The van der Waals surface area contributed by atoms with E-state index in [4.69, 9.17) is 4.98 Å². The molecular weight excluding hydrogens is 422 g/mol. The maximum absolute atomic E-state index is 9.81. The predicted molar refractivity (Wildman–Crippen MR) is 126 cm³/mol. The minimum absolute atomic E-state index is 0.0951. The third kappa shape index (κ3) is 3.93. The van der Waals surface area contributed by atoms with Crippen molar-refractivity contribution in [2.24, 2.45) is 0 Å². The molecule has 8 nitrogen and oxygen atoms in total. The van der Waals surface area contributed by atoms with E-state index in [2.05, 4.69) is 64.3 Å². The van der Waals surface area contributed by atoms with Gasteiger partial charge in [0, 0.05) is 26.2 Å². The number of phenolic OH excluding ortho intramolecular Hbond substituents is 1. The number of fused-ring (bicyclic) bond motifs is 1. The smallest absolute Gasteiger partial charge is 0.186 e. The molecular formula is C23H27N7OS. The molecule has 1 N–H and O–H groups in total. The first-order valence-corrected chi connectivity index (χ1v) is 11.6. The van der Waals surface area contributed by atoms with Gasteiger partial charge in [-0.05, 0) is 61.0 Å². The molecule has 1 fully saturated rings. The van der Waals surface area contributed by atoms with Gasteiger partial charge in [-0.2, -0.15) is 0 Å². The fraction of sp³-hybridized carbons (Fsp3) is 0.391. The third-order valence-electron chi connectivity index (χ3n) is 5.81. The Labute approximate surface area is 191 Å². The van der Waals surface area contributed by atoms with Crippen molar-refractivity contribution in [2.75, 3.05) is 31.1 Å². The zero-order valence-electron chi connectivity index (χ0n) is 18.5. The van der Waals surface area contributed by atoms with E-state index < -0.39 is 0 Å². The Kier molecular flexibility index (Phi) is 5.30. The van der Waals surface area contributed by atoms with Crippen molar-refractivity contribution in [1.29, 1.82) is 0 Å². The highest BCUT2D eigenvalue weighted by atomic mass is 32.1. The van der Waals surface area contributed by atoms with Crippen molar-refractivity contribution in [1.82, 2.24) is 30.1 Å². The van der Waals surface area contributed by atoms with E-state index in [0.29, 0.717) is 0 Å². The van der Waals surface area contributed by atoms with Crippen LogP contribution in [0.1, 0.15) is 38.2 Å². The molecule has 0 unspecified atom stereocenters. The molecule has 0 saturated carbocycles. The molecule has 0 amide bonds. The van der Waals surface area contributed by atoms with Gasteiger partial charge in [0.05, 0.1) is 21.8 Å². The summed E-state index contributed by atoms with van der Waals surface area (Å²) in [6.07, 6.45) is 0. The van der Waals surface area contributed by atoms with Crippen LogP contribution in [0, 0.1) is 0 Å². The summed E-state index contributed by atoms with van der Waals surface area (Å²) in [5.41, 5.74) is 1.88. The number of benzene rings is 2. The van der Waals surface area contributed by atoms with Crippen LogP contribution in [0.15, 0.2) is 48.5 Å². The lowest BCUT2D eigenvalue weighted by atomic mass is 10.0. The summed E-state index contributed by atoms with van der Waals surface area (Å²) >= 11 is 1.75.